The highest BCUT2D eigenvalue weighted by molar-refractivity contribution is 5.65. The molecule has 104 valence electrons. The molecular weight excluding hydrogens is 249 g/mol. The molecule has 1 aliphatic heterocycles. The lowest BCUT2D eigenvalue weighted by Gasteiger charge is -2.38. The predicted molar refractivity (Wildman–Crippen MR) is 69.4 cm³/mol. The molecule has 5 nitrogen and oxygen atoms in total. The number of piperazine rings is 1. The van der Waals surface area contributed by atoms with Crippen LogP contribution in [0.3, 0.4) is 0 Å². The van der Waals surface area contributed by atoms with Gasteiger partial charge in [-0.2, -0.15) is 0 Å². The molecule has 6 heteroatoms. The lowest BCUT2D eigenvalue weighted by atomic mass is 10.0. The smallest absolute Gasteiger partial charge is 0.407 e. The van der Waals surface area contributed by atoms with E-state index in [0.717, 1.165) is 0 Å². The number of halogens is 1. The van der Waals surface area contributed by atoms with Gasteiger partial charge in [0.05, 0.1) is 6.04 Å². The molecule has 0 bridgehead atoms. The van der Waals surface area contributed by atoms with Gasteiger partial charge in [-0.15, -0.1) is 0 Å². The predicted octanol–water partition coefficient (Wildman–Crippen LogP) is 1.12. The van der Waals surface area contributed by atoms with Crippen molar-refractivity contribution in [3.8, 4) is 0 Å². The van der Waals surface area contributed by atoms with Crippen LogP contribution in [-0.4, -0.2) is 53.7 Å². The Morgan fingerprint density at radius 3 is 2.47 bits per heavy atom. The lowest BCUT2D eigenvalue weighted by Crippen LogP contribution is -2.50. The summed E-state index contributed by atoms with van der Waals surface area (Å²) < 4.78 is 13.8. The zero-order valence-electron chi connectivity index (χ0n) is 10.6. The summed E-state index contributed by atoms with van der Waals surface area (Å²) >= 11 is 0. The fraction of sp³-hybridized carbons (Fsp3) is 0.462. The number of carbonyl (C=O) groups is 1. The van der Waals surface area contributed by atoms with Gasteiger partial charge < -0.3 is 15.7 Å². The van der Waals surface area contributed by atoms with Gasteiger partial charge in [-0.25, -0.2) is 9.18 Å². The minimum Gasteiger partial charge on any atom is -0.465 e. The summed E-state index contributed by atoms with van der Waals surface area (Å²) in [6.45, 7) is 2.32. The first kappa shape index (κ1) is 13.8. The maximum absolute atomic E-state index is 13.8. The van der Waals surface area contributed by atoms with E-state index in [0.29, 0.717) is 38.3 Å². The van der Waals surface area contributed by atoms with Crippen LogP contribution in [0.5, 0.6) is 0 Å². The van der Waals surface area contributed by atoms with Crippen LogP contribution in [0.2, 0.25) is 0 Å². The first-order valence-corrected chi connectivity index (χ1v) is 6.30. The Morgan fingerprint density at radius 1 is 1.32 bits per heavy atom. The monoisotopic (exact) mass is 267 g/mol. The second-order valence-electron chi connectivity index (χ2n) is 4.58. The van der Waals surface area contributed by atoms with E-state index in [1.54, 1.807) is 18.2 Å². The fourth-order valence-electron chi connectivity index (χ4n) is 2.44. The third kappa shape index (κ3) is 3.02. The number of nitrogens with two attached hydrogens (primary N) is 1. The van der Waals surface area contributed by atoms with E-state index in [4.69, 9.17) is 10.8 Å². The molecule has 0 aromatic heterocycles. The van der Waals surface area contributed by atoms with Crippen molar-refractivity contribution in [1.29, 1.82) is 0 Å². The maximum atomic E-state index is 13.8. The summed E-state index contributed by atoms with van der Waals surface area (Å²) in [6, 6.07) is 6.39. The van der Waals surface area contributed by atoms with Gasteiger partial charge in [0.25, 0.3) is 0 Å². The molecule has 0 saturated carbocycles. The van der Waals surface area contributed by atoms with E-state index in [-0.39, 0.29) is 11.9 Å². The minimum absolute atomic E-state index is 0.197. The highest BCUT2D eigenvalue weighted by Gasteiger charge is 2.27. The van der Waals surface area contributed by atoms with Crippen LogP contribution in [0.4, 0.5) is 9.18 Å². The highest BCUT2D eigenvalue weighted by atomic mass is 19.1. The molecular formula is C13H18FN3O2. The first-order valence-electron chi connectivity index (χ1n) is 6.30. The van der Waals surface area contributed by atoms with E-state index in [1.807, 2.05) is 4.90 Å². The van der Waals surface area contributed by atoms with Crippen LogP contribution >= 0.6 is 0 Å². The fourth-order valence-corrected chi connectivity index (χ4v) is 2.44. The number of rotatable bonds is 3. The van der Waals surface area contributed by atoms with Crippen molar-refractivity contribution in [3.05, 3.63) is 35.6 Å². The molecule has 19 heavy (non-hydrogen) atoms. The molecule has 2 rings (SSSR count). The second kappa shape index (κ2) is 5.99. The molecule has 0 aliphatic carbocycles. The van der Waals surface area contributed by atoms with Gasteiger partial charge in [0.2, 0.25) is 0 Å². The normalized spacial score (nSPS) is 18.3. The number of hydrogen-bond acceptors (Lipinski definition) is 3. The molecule has 0 radical (unpaired) electrons. The van der Waals surface area contributed by atoms with E-state index in [1.165, 1.54) is 11.0 Å². The van der Waals surface area contributed by atoms with Gasteiger partial charge in [-0.05, 0) is 6.07 Å². The zero-order chi connectivity index (χ0) is 13.8. The highest BCUT2D eigenvalue weighted by Crippen LogP contribution is 2.23. The summed E-state index contributed by atoms with van der Waals surface area (Å²) in [5, 5.41) is 8.90. The van der Waals surface area contributed by atoms with Crippen LogP contribution in [0.15, 0.2) is 24.3 Å². The summed E-state index contributed by atoms with van der Waals surface area (Å²) in [5.74, 6) is -0.265. The Morgan fingerprint density at radius 2 is 1.95 bits per heavy atom. The van der Waals surface area contributed by atoms with Crippen molar-refractivity contribution < 1.29 is 14.3 Å². The molecule has 1 fully saturated rings. The zero-order valence-corrected chi connectivity index (χ0v) is 10.6. The van der Waals surface area contributed by atoms with E-state index >= 15 is 0 Å². The number of hydrogen-bond donors (Lipinski definition) is 2. The molecule has 1 saturated heterocycles. The molecule has 1 amide bonds. The van der Waals surface area contributed by atoms with Crippen LogP contribution in [-0.2, 0) is 0 Å². The van der Waals surface area contributed by atoms with Gasteiger partial charge in [-0.1, -0.05) is 18.2 Å². The van der Waals surface area contributed by atoms with Crippen LogP contribution in [0, 0.1) is 5.82 Å². The lowest BCUT2D eigenvalue weighted by molar-refractivity contribution is 0.0856. The molecule has 1 aromatic rings. The molecule has 1 unspecified atom stereocenters. The number of benzene rings is 1. The Balaban J connectivity index is 2.08. The second-order valence-corrected chi connectivity index (χ2v) is 4.58. The third-order valence-electron chi connectivity index (χ3n) is 3.51. The van der Waals surface area contributed by atoms with E-state index in [2.05, 4.69) is 0 Å². The summed E-state index contributed by atoms with van der Waals surface area (Å²) in [7, 11) is 0. The van der Waals surface area contributed by atoms with Crippen molar-refractivity contribution in [3.63, 3.8) is 0 Å². The van der Waals surface area contributed by atoms with Gasteiger partial charge in [0, 0.05) is 38.3 Å². The number of carboxylic acid groups (broad SMARTS) is 1. The van der Waals surface area contributed by atoms with Crippen LogP contribution in [0.1, 0.15) is 11.6 Å². The first-order chi connectivity index (χ1) is 9.13. The Labute approximate surface area is 111 Å². The summed E-state index contributed by atoms with van der Waals surface area (Å²) in [5.41, 5.74) is 6.34. The molecule has 3 N–H and O–H groups in total. The quantitative estimate of drug-likeness (QED) is 0.861. The Hall–Kier alpha value is -1.66. The average Bonchev–Trinajstić information content (AvgIpc) is 2.42. The minimum atomic E-state index is -0.908. The molecule has 1 aromatic carbocycles. The Kier molecular flexibility index (Phi) is 4.34. The maximum Gasteiger partial charge on any atom is 0.407 e. The molecule has 1 atom stereocenters. The number of amides is 1. The van der Waals surface area contributed by atoms with Gasteiger partial charge in [-0.3, -0.25) is 4.90 Å². The van der Waals surface area contributed by atoms with E-state index in [9.17, 15) is 9.18 Å². The largest absolute Gasteiger partial charge is 0.465 e. The number of nitrogens with zero attached hydrogens (tertiary/aromatic N) is 2. The van der Waals surface area contributed by atoms with Gasteiger partial charge in [0.1, 0.15) is 5.82 Å². The summed E-state index contributed by atoms with van der Waals surface area (Å²) in [6.07, 6.45) is -0.908. The Bertz CT molecular complexity index is 447. The van der Waals surface area contributed by atoms with Gasteiger partial charge in [0.15, 0.2) is 0 Å². The molecule has 1 heterocycles. The van der Waals surface area contributed by atoms with Crippen molar-refractivity contribution >= 4 is 6.09 Å². The molecule has 0 spiro atoms. The average molecular weight is 267 g/mol. The molecule has 1 aliphatic rings. The summed E-state index contributed by atoms with van der Waals surface area (Å²) in [4.78, 5) is 14.3. The topological polar surface area (TPSA) is 69.8 Å². The van der Waals surface area contributed by atoms with E-state index < -0.39 is 6.09 Å². The third-order valence-corrected chi connectivity index (χ3v) is 3.51. The van der Waals surface area contributed by atoms with Gasteiger partial charge >= 0.3 is 6.09 Å². The SMILES string of the molecule is NCC(c1ccccc1F)N1CCN(C(=O)O)CC1. The van der Waals surface area contributed by atoms with Crippen molar-refractivity contribution in [2.75, 3.05) is 32.7 Å². The standard InChI is InChI=1S/C13H18FN3O2/c14-11-4-2-1-3-10(11)12(9-15)16-5-7-17(8-6-16)13(18)19/h1-4,12H,5-9,15H2,(H,18,19). The van der Waals surface area contributed by atoms with Crippen molar-refractivity contribution in [2.24, 2.45) is 5.73 Å². The van der Waals surface area contributed by atoms with Crippen molar-refractivity contribution in [2.45, 2.75) is 6.04 Å². The van der Waals surface area contributed by atoms with Crippen LogP contribution in [0.25, 0.3) is 0 Å². The van der Waals surface area contributed by atoms with Crippen molar-refractivity contribution in [1.82, 2.24) is 9.80 Å². The van der Waals surface area contributed by atoms with Crippen LogP contribution < -0.4 is 5.73 Å².